The van der Waals surface area contributed by atoms with Crippen LogP contribution in [0.2, 0.25) is 5.02 Å². The van der Waals surface area contributed by atoms with E-state index in [1.165, 1.54) is 11.1 Å². The van der Waals surface area contributed by atoms with E-state index in [9.17, 15) is 9.59 Å². The Balaban J connectivity index is 0.000000175. The quantitative estimate of drug-likeness (QED) is 0.0699. The number of aromatic nitrogens is 2. The van der Waals surface area contributed by atoms with Crippen LogP contribution >= 0.6 is 24.2 Å². The molecule has 2 fully saturated rings. The van der Waals surface area contributed by atoms with E-state index in [-0.39, 0.29) is 11.8 Å². The van der Waals surface area contributed by atoms with E-state index in [0.717, 1.165) is 117 Å². The SMILES string of the molecule is CC(C)C(=O)N1CCc2ccc(Cl)cc2C1.CN1CCN(c2ccc(C(N)=O)c(Oc3cnc4[nH]ccc4c3)c2)CC1.CO.Nc1cc(S)ccc1NCC1CCOCC1. The van der Waals surface area contributed by atoms with Crippen molar-refractivity contribution < 1.29 is 24.2 Å². The summed E-state index contributed by atoms with van der Waals surface area (Å²) in [5.41, 5.74) is 17.9. The van der Waals surface area contributed by atoms with Crippen LogP contribution in [0.5, 0.6) is 11.5 Å². The Kier molecular flexibility index (Phi) is 17.3. The van der Waals surface area contributed by atoms with Crippen LogP contribution < -0.4 is 26.4 Å². The number of rotatable bonds is 8. The van der Waals surface area contributed by atoms with E-state index in [4.69, 9.17) is 37.6 Å². The zero-order chi connectivity index (χ0) is 43.2. The molecule has 0 bridgehead atoms. The van der Waals surface area contributed by atoms with Crippen molar-refractivity contribution >= 4 is 64.1 Å². The number of nitrogens with two attached hydrogens (primary N) is 2. The monoisotopic (exact) mass is 858 g/mol. The first-order valence-corrected chi connectivity index (χ1v) is 21.1. The molecule has 0 unspecified atom stereocenters. The van der Waals surface area contributed by atoms with Gasteiger partial charge in [-0.2, -0.15) is 0 Å². The molecule has 13 nitrogen and oxygen atoms in total. The fourth-order valence-electron chi connectivity index (χ4n) is 7.16. The minimum atomic E-state index is -0.513. The number of pyridine rings is 1. The number of nitrogens with one attached hydrogen (secondary N) is 2. The van der Waals surface area contributed by atoms with Crippen LogP contribution in [0.3, 0.4) is 0 Å². The highest BCUT2D eigenvalue weighted by atomic mass is 35.5. The normalized spacial score (nSPS) is 15.4. The molecular formula is C45H59ClN8O5S. The summed E-state index contributed by atoms with van der Waals surface area (Å²) in [6.45, 7) is 12.0. The van der Waals surface area contributed by atoms with Crippen LogP contribution in [0.4, 0.5) is 17.1 Å². The number of halogens is 1. The summed E-state index contributed by atoms with van der Waals surface area (Å²) in [5, 5.41) is 12.1. The number of hydrogen-bond acceptors (Lipinski definition) is 11. The Morgan fingerprint density at radius 2 is 1.75 bits per heavy atom. The summed E-state index contributed by atoms with van der Waals surface area (Å²) in [6, 6.07) is 21.1. The van der Waals surface area contributed by atoms with Gasteiger partial charge in [-0.1, -0.05) is 31.5 Å². The van der Waals surface area contributed by atoms with Gasteiger partial charge in [0, 0.05) is 105 Å². The second-order valence-corrected chi connectivity index (χ2v) is 16.3. The number of ether oxygens (including phenoxy) is 2. The highest BCUT2D eigenvalue weighted by Crippen LogP contribution is 2.32. The van der Waals surface area contributed by atoms with Crippen molar-refractivity contribution in [2.75, 3.05) is 82.6 Å². The first kappa shape index (κ1) is 46.1. The maximum atomic E-state index is 11.9. The number of primary amides is 1. The van der Waals surface area contributed by atoms with Crippen molar-refractivity contribution in [1.82, 2.24) is 19.8 Å². The minimum absolute atomic E-state index is 0.0701. The van der Waals surface area contributed by atoms with Gasteiger partial charge in [-0.05, 0) is 98.0 Å². The second-order valence-electron chi connectivity index (χ2n) is 15.3. The number of aromatic amines is 1. The molecule has 0 aliphatic carbocycles. The fourth-order valence-corrected chi connectivity index (χ4v) is 7.57. The number of aliphatic hydroxyl groups excluding tert-OH is 1. The van der Waals surface area contributed by atoms with Crippen LogP contribution in [-0.2, 0) is 22.5 Å². The number of carbonyl (C=O) groups is 2. The molecule has 3 aliphatic rings. The topological polar surface area (TPSA) is 175 Å². The molecule has 0 atom stereocenters. The number of anilines is 3. The molecular weight excluding hydrogens is 800 g/mol. The van der Waals surface area contributed by atoms with E-state index in [0.29, 0.717) is 29.5 Å². The van der Waals surface area contributed by atoms with Crippen molar-refractivity contribution in [1.29, 1.82) is 0 Å². The van der Waals surface area contributed by atoms with Crippen LogP contribution in [0, 0.1) is 11.8 Å². The number of nitrogens with zero attached hydrogens (tertiary/aromatic N) is 4. The molecule has 2 saturated heterocycles. The van der Waals surface area contributed by atoms with Gasteiger partial charge < -0.3 is 51.0 Å². The zero-order valence-electron chi connectivity index (χ0n) is 35.0. The summed E-state index contributed by atoms with van der Waals surface area (Å²) in [6.07, 6.45) is 6.66. The molecule has 0 saturated carbocycles. The third kappa shape index (κ3) is 13.0. The molecule has 0 radical (unpaired) electrons. The molecule has 8 rings (SSSR count). The Bertz CT molecular complexity index is 2170. The van der Waals surface area contributed by atoms with E-state index >= 15 is 0 Å². The van der Waals surface area contributed by atoms with Crippen LogP contribution in [0.15, 0.2) is 84.0 Å². The number of hydrogen-bond donors (Lipinski definition) is 6. The standard InChI is InChI=1S/C19H21N5O2.C13H16ClNO.C12H18N2OS.CH4O/c1-23-6-8-24(9-7-23)14-2-3-16(18(20)25)17(11-14)26-15-10-13-4-5-21-19(13)22-12-15;1-9(2)13(16)15-6-5-10-3-4-12(14)7-11(10)8-15;13-11-7-10(16)1-2-12(11)14-8-9-3-5-15-6-4-9;1-2/h2-5,10-12H,6-9H2,1H3,(H2,20,25)(H,21,22);3-4,7,9H,5-6,8H2,1-2H3;1-2,7,9,14,16H,3-6,8,13H2;2H,1H3. The van der Waals surface area contributed by atoms with Gasteiger partial charge in [0.25, 0.3) is 5.91 Å². The highest BCUT2D eigenvalue weighted by molar-refractivity contribution is 7.80. The molecule has 60 heavy (non-hydrogen) atoms. The van der Waals surface area contributed by atoms with Crippen molar-refractivity contribution in [3.8, 4) is 11.5 Å². The summed E-state index contributed by atoms with van der Waals surface area (Å²) in [7, 11) is 3.12. The van der Waals surface area contributed by atoms with E-state index < -0.39 is 5.91 Å². The van der Waals surface area contributed by atoms with Crippen molar-refractivity contribution in [2.24, 2.45) is 17.6 Å². The van der Waals surface area contributed by atoms with Gasteiger partial charge in [0.15, 0.2) is 0 Å². The Hall–Kier alpha value is -4.99. The maximum Gasteiger partial charge on any atom is 0.252 e. The summed E-state index contributed by atoms with van der Waals surface area (Å²) in [5.74, 6) is 1.50. The number of amides is 2. The van der Waals surface area contributed by atoms with Gasteiger partial charge >= 0.3 is 0 Å². The second kappa shape index (κ2) is 22.6. The van der Waals surface area contributed by atoms with Crippen molar-refractivity contribution in [3.05, 3.63) is 101 Å². The number of carbonyl (C=O) groups excluding carboxylic acids is 2. The van der Waals surface area contributed by atoms with Gasteiger partial charge in [0.1, 0.15) is 17.1 Å². The van der Waals surface area contributed by atoms with E-state index in [1.54, 1.807) is 12.3 Å². The van der Waals surface area contributed by atoms with E-state index in [1.807, 2.05) is 79.5 Å². The molecule has 15 heteroatoms. The number of fused-ring (bicyclic) bond motifs is 2. The van der Waals surface area contributed by atoms with E-state index in [2.05, 4.69) is 50.8 Å². The first-order chi connectivity index (χ1) is 28.9. The predicted octanol–water partition coefficient (Wildman–Crippen LogP) is 7.09. The Labute approximate surface area is 363 Å². The van der Waals surface area contributed by atoms with Crippen LogP contribution in [0.1, 0.15) is 48.2 Å². The summed E-state index contributed by atoms with van der Waals surface area (Å²) >= 11 is 10.2. The highest BCUT2D eigenvalue weighted by Gasteiger charge is 2.23. The van der Waals surface area contributed by atoms with Gasteiger partial charge in [0.2, 0.25) is 5.91 Å². The number of likely N-dealkylation sites (N-methyl/N-ethyl adjacent to an activating group) is 1. The molecule has 3 aliphatic heterocycles. The van der Waals surface area contributed by atoms with Crippen LogP contribution in [-0.4, -0.2) is 103 Å². The molecule has 5 aromatic rings. The Morgan fingerprint density at radius 3 is 2.45 bits per heavy atom. The molecule has 2 amide bonds. The molecule has 322 valence electrons. The van der Waals surface area contributed by atoms with Gasteiger partial charge in [-0.3, -0.25) is 9.59 Å². The van der Waals surface area contributed by atoms with Crippen molar-refractivity contribution in [3.63, 3.8) is 0 Å². The molecule has 7 N–H and O–H groups in total. The molecule has 5 heterocycles. The molecule has 2 aromatic heterocycles. The average molecular weight is 860 g/mol. The third-order valence-electron chi connectivity index (χ3n) is 10.6. The summed E-state index contributed by atoms with van der Waals surface area (Å²) < 4.78 is 11.3. The number of H-pyrrole nitrogens is 1. The maximum absolute atomic E-state index is 11.9. The fraction of sp³-hybridized carbons (Fsp3) is 0.400. The Morgan fingerprint density at radius 1 is 1.00 bits per heavy atom. The lowest BCUT2D eigenvalue weighted by Gasteiger charge is -2.34. The number of benzene rings is 3. The van der Waals surface area contributed by atoms with Crippen LogP contribution in [0.25, 0.3) is 11.0 Å². The lowest BCUT2D eigenvalue weighted by molar-refractivity contribution is -0.135. The zero-order valence-corrected chi connectivity index (χ0v) is 36.6. The summed E-state index contributed by atoms with van der Waals surface area (Å²) in [4.78, 5) is 38.5. The first-order valence-electron chi connectivity index (χ1n) is 20.3. The number of thiol groups is 1. The number of piperazine rings is 1. The predicted molar refractivity (Wildman–Crippen MR) is 245 cm³/mol. The number of aliphatic hydroxyl groups is 1. The lowest BCUT2D eigenvalue weighted by atomic mass is 9.99. The molecule has 0 spiro atoms. The van der Waals surface area contributed by atoms with Crippen molar-refractivity contribution in [2.45, 2.75) is 44.6 Å². The lowest BCUT2D eigenvalue weighted by Crippen LogP contribution is -2.44. The largest absolute Gasteiger partial charge is 0.455 e. The minimum Gasteiger partial charge on any atom is -0.455 e. The smallest absolute Gasteiger partial charge is 0.252 e. The van der Waals surface area contributed by atoms with Gasteiger partial charge in [-0.15, -0.1) is 12.6 Å². The van der Waals surface area contributed by atoms with Gasteiger partial charge in [0.05, 0.1) is 23.1 Å². The third-order valence-corrected chi connectivity index (χ3v) is 11.2. The average Bonchev–Trinajstić information content (AvgIpc) is 3.73. The number of nitrogen functional groups attached to an aromatic ring is 1. The molecule has 3 aromatic carbocycles. The van der Waals surface area contributed by atoms with Gasteiger partial charge in [-0.25, -0.2) is 4.98 Å².